The molecule has 1 aromatic heterocycles. The number of halogens is 3. The molecule has 0 radical (unpaired) electrons. The minimum absolute atomic E-state index is 0.0314. The monoisotopic (exact) mass is 432 g/mol. The third-order valence-corrected chi connectivity index (χ3v) is 5.77. The van der Waals surface area contributed by atoms with Crippen LogP contribution in [0.5, 0.6) is 5.75 Å². The number of benzene rings is 2. The van der Waals surface area contributed by atoms with Crippen molar-refractivity contribution in [3.63, 3.8) is 0 Å². The van der Waals surface area contributed by atoms with E-state index < -0.39 is 11.7 Å². The van der Waals surface area contributed by atoms with Crippen LogP contribution in [0, 0.1) is 0 Å². The molecule has 2 heterocycles. The Hall–Kier alpha value is -2.87. The highest BCUT2D eigenvalue weighted by Gasteiger charge is 2.30. The fraction of sp³-hybridized carbons (Fsp3) is 0.273. The highest BCUT2D eigenvalue weighted by atomic mass is 32.1. The second-order valence-corrected chi connectivity index (χ2v) is 7.91. The van der Waals surface area contributed by atoms with Crippen LogP contribution in [-0.2, 0) is 12.8 Å². The van der Waals surface area contributed by atoms with E-state index in [4.69, 9.17) is 4.74 Å². The Morgan fingerprint density at radius 1 is 1.10 bits per heavy atom. The van der Waals surface area contributed by atoms with Gasteiger partial charge in [0.2, 0.25) is 0 Å². The highest BCUT2D eigenvalue weighted by molar-refractivity contribution is 7.13. The molecule has 1 saturated heterocycles. The van der Waals surface area contributed by atoms with E-state index in [-0.39, 0.29) is 12.5 Å². The molecule has 1 amide bonds. The summed E-state index contributed by atoms with van der Waals surface area (Å²) < 4.78 is 44.0. The Kier molecular flexibility index (Phi) is 5.76. The van der Waals surface area contributed by atoms with Crippen LogP contribution in [0.4, 0.5) is 13.2 Å². The van der Waals surface area contributed by atoms with Crippen LogP contribution < -0.4 is 4.74 Å². The van der Waals surface area contributed by atoms with Gasteiger partial charge in [0, 0.05) is 24.0 Å². The molecule has 0 atom stereocenters. The van der Waals surface area contributed by atoms with Crippen molar-refractivity contribution in [3.8, 4) is 16.3 Å². The third-order valence-electron chi connectivity index (χ3n) is 4.88. The number of rotatable bonds is 5. The Bertz CT molecular complexity index is 1030. The molecule has 1 aliphatic rings. The van der Waals surface area contributed by atoms with Gasteiger partial charge in [0.15, 0.2) is 0 Å². The second kappa shape index (κ2) is 8.47. The van der Waals surface area contributed by atoms with Crippen molar-refractivity contribution in [1.82, 2.24) is 9.88 Å². The van der Waals surface area contributed by atoms with Gasteiger partial charge in [-0.05, 0) is 54.8 Å². The number of carbonyl (C=O) groups is 1. The van der Waals surface area contributed by atoms with Crippen LogP contribution in [0.15, 0.2) is 53.9 Å². The van der Waals surface area contributed by atoms with Crippen molar-refractivity contribution in [2.45, 2.75) is 25.6 Å². The molecule has 0 spiro atoms. The number of likely N-dealkylation sites (tertiary alicyclic amines) is 1. The fourth-order valence-electron chi connectivity index (χ4n) is 3.28. The molecule has 30 heavy (non-hydrogen) atoms. The second-order valence-electron chi connectivity index (χ2n) is 7.05. The zero-order chi connectivity index (χ0) is 21.1. The van der Waals surface area contributed by atoms with Crippen LogP contribution in [0.1, 0.15) is 34.5 Å². The van der Waals surface area contributed by atoms with Gasteiger partial charge < -0.3 is 9.64 Å². The first-order valence-corrected chi connectivity index (χ1v) is 10.4. The number of alkyl halides is 3. The minimum Gasteiger partial charge on any atom is -0.489 e. The van der Waals surface area contributed by atoms with Crippen molar-refractivity contribution < 1.29 is 22.7 Å². The van der Waals surface area contributed by atoms with Crippen molar-refractivity contribution in [3.05, 3.63) is 70.7 Å². The molecule has 4 nitrogen and oxygen atoms in total. The average molecular weight is 432 g/mol. The summed E-state index contributed by atoms with van der Waals surface area (Å²) in [7, 11) is 0. The van der Waals surface area contributed by atoms with Crippen LogP contribution >= 0.6 is 11.3 Å². The van der Waals surface area contributed by atoms with Gasteiger partial charge in [0.1, 0.15) is 23.1 Å². The van der Waals surface area contributed by atoms with Crippen LogP contribution in [-0.4, -0.2) is 28.9 Å². The summed E-state index contributed by atoms with van der Waals surface area (Å²) >= 11 is 1.40. The number of hydrogen-bond donors (Lipinski definition) is 0. The van der Waals surface area contributed by atoms with Gasteiger partial charge in [-0.2, -0.15) is 13.2 Å². The molecule has 4 rings (SSSR count). The summed E-state index contributed by atoms with van der Waals surface area (Å²) in [6.45, 7) is 1.60. The zero-order valence-corrected chi connectivity index (χ0v) is 16.8. The maximum Gasteiger partial charge on any atom is 0.416 e. The molecule has 1 fully saturated rings. The van der Waals surface area contributed by atoms with E-state index in [0.717, 1.165) is 48.6 Å². The van der Waals surface area contributed by atoms with Crippen molar-refractivity contribution >= 4 is 17.2 Å². The summed E-state index contributed by atoms with van der Waals surface area (Å²) in [4.78, 5) is 18.7. The van der Waals surface area contributed by atoms with Gasteiger partial charge >= 0.3 is 6.18 Å². The minimum atomic E-state index is -4.37. The Labute approximate surface area is 175 Å². The van der Waals surface area contributed by atoms with E-state index in [2.05, 4.69) is 4.98 Å². The predicted molar refractivity (Wildman–Crippen MR) is 108 cm³/mol. The average Bonchev–Trinajstić information content (AvgIpc) is 3.44. The third kappa shape index (κ3) is 4.64. The maximum absolute atomic E-state index is 12.8. The number of aromatic nitrogens is 1. The Morgan fingerprint density at radius 2 is 1.83 bits per heavy atom. The van der Waals surface area contributed by atoms with E-state index in [0.29, 0.717) is 17.0 Å². The predicted octanol–water partition coefficient (Wildman–Crippen LogP) is 5.64. The van der Waals surface area contributed by atoms with Crippen molar-refractivity contribution in [2.75, 3.05) is 13.1 Å². The van der Waals surface area contributed by atoms with Crippen LogP contribution in [0.2, 0.25) is 0 Å². The smallest absolute Gasteiger partial charge is 0.416 e. The number of nitrogens with zero attached hydrogens (tertiary/aromatic N) is 2. The fourth-order valence-corrected chi connectivity index (χ4v) is 4.08. The molecule has 0 saturated carbocycles. The molecule has 0 aliphatic carbocycles. The largest absolute Gasteiger partial charge is 0.489 e. The Balaban J connectivity index is 1.39. The molecule has 3 aromatic rings. The molecule has 1 aliphatic heterocycles. The first-order chi connectivity index (χ1) is 14.4. The lowest BCUT2D eigenvalue weighted by Gasteiger charge is -2.12. The van der Waals surface area contributed by atoms with E-state index in [9.17, 15) is 18.0 Å². The summed E-state index contributed by atoms with van der Waals surface area (Å²) in [5, 5.41) is 2.51. The van der Waals surface area contributed by atoms with Gasteiger partial charge in [-0.25, -0.2) is 4.98 Å². The van der Waals surface area contributed by atoms with Gasteiger partial charge in [0.25, 0.3) is 5.91 Å². The summed E-state index contributed by atoms with van der Waals surface area (Å²) in [5.74, 6) is 0.511. The van der Waals surface area contributed by atoms with E-state index >= 15 is 0 Å². The lowest BCUT2D eigenvalue weighted by Crippen LogP contribution is -2.27. The standard InChI is InChI=1S/C22H19F3N2O2S/c23-22(24,25)17-5-3-4-15(12-17)13-29-18-8-6-16(7-9-18)20-26-19(14-30-20)21(28)27-10-1-2-11-27/h3-9,12,14H,1-2,10-11,13H2. The molecule has 0 bridgehead atoms. The number of amides is 1. The lowest BCUT2D eigenvalue weighted by atomic mass is 10.1. The number of hydrogen-bond acceptors (Lipinski definition) is 4. The zero-order valence-electron chi connectivity index (χ0n) is 16.0. The number of carbonyl (C=O) groups excluding carboxylic acids is 1. The Morgan fingerprint density at radius 3 is 2.53 bits per heavy atom. The SMILES string of the molecule is O=C(c1csc(-c2ccc(OCc3cccc(C(F)(F)F)c3)cc2)n1)N1CCCC1. The van der Waals surface area contributed by atoms with Gasteiger partial charge in [-0.1, -0.05) is 12.1 Å². The molecule has 156 valence electrons. The molecule has 8 heteroatoms. The van der Waals surface area contributed by atoms with E-state index in [1.807, 2.05) is 17.0 Å². The quantitative estimate of drug-likeness (QED) is 0.524. The van der Waals surface area contributed by atoms with Crippen LogP contribution in [0.3, 0.4) is 0 Å². The first-order valence-electron chi connectivity index (χ1n) is 9.54. The van der Waals surface area contributed by atoms with E-state index in [1.54, 1.807) is 23.6 Å². The topological polar surface area (TPSA) is 42.4 Å². The number of thiazole rings is 1. The van der Waals surface area contributed by atoms with Gasteiger partial charge in [0.05, 0.1) is 5.56 Å². The van der Waals surface area contributed by atoms with Crippen molar-refractivity contribution in [2.24, 2.45) is 0 Å². The van der Waals surface area contributed by atoms with Crippen LogP contribution in [0.25, 0.3) is 10.6 Å². The summed E-state index contributed by atoms with van der Waals surface area (Å²) in [6.07, 6.45) is -2.31. The summed E-state index contributed by atoms with van der Waals surface area (Å²) in [6, 6.07) is 12.2. The molecule has 0 N–H and O–H groups in total. The summed E-state index contributed by atoms with van der Waals surface area (Å²) in [5.41, 5.74) is 1.06. The normalized spacial score (nSPS) is 14.2. The maximum atomic E-state index is 12.8. The lowest BCUT2D eigenvalue weighted by molar-refractivity contribution is -0.137. The van der Waals surface area contributed by atoms with Gasteiger partial charge in [-0.3, -0.25) is 4.79 Å². The first kappa shape index (κ1) is 20.4. The highest BCUT2D eigenvalue weighted by Crippen LogP contribution is 2.30. The number of ether oxygens (including phenoxy) is 1. The molecule has 0 unspecified atom stereocenters. The molecule has 2 aromatic carbocycles. The molecular weight excluding hydrogens is 413 g/mol. The van der Waals surface area contributed by atoms with Gasteiger partial charge in [-0.15, -0.1) is 11.3 Å². The molecular formula is C22H19F3N2O2S. The van der Waals surface area contributed by atoms with E-state index in [1.165, 1.54) is 17.4 Å². The van der Waals surface area contributed by atoms with Crippen molar-refractivity contribution in [1.29, 1.82) is 0 Å².